The van der Waals surface area contributed by atoms with E-state index in [9.17, 15) is 4.79 Å². The number of carbonyl (C=O) groups excluding carboxylic acids is 1. The minimum Gasteiger partial charge on any atom is -0.330 e. The maximum Gasteiger partial charge on any atom is 0.211 e. The number of hydrogen-bond acceptors (Lipinski definition) is 2. The van der Waals surface area contributed by atoms with Gasteiger partial charge in [0.2, 0.25) is 6.41 Å². The molecule has 0 unspecified atom stereocenters. The molecule has 1 heterocycles. The van der Waals surface area contributed by atoms with E-state index in [-0.39, 0.29) is 0 Å². The lowest BCUT2D eigenvalue weighted by Gasteiger charge is -1.92. The molecule has 3 heteroatoms. The molecule has 1 aliphatic heterocycles. The zero-order valence-corrected chi connectivity index (χ0v) is 6.21. The van der Waals surface area contributed by atoms with Gasteiger partial charge in [-0.1, -0.05) is 0 Å². The Labute approximate surface area is 65.2 Å². The highest BCUT2D eigenvalue weighted by Crippen LogP contribution is 2.32. The minimum absolute atomic E-state index is 0.657. The van der Waals surface area contributed by atoms with Gasteiger partial charge in [0.25, 0.3) is 0 Å². The number of aliphatic imine (C=N–C) groups is 1. The predicted molar refractivity (Wildman–Crippen MR) is 42.3 cm³/mol. The van der Waals surface area contributed by atoms with Gasteiger partial charge in [0.1, 0.15) is 0 Å². The van der Waals surface area contributed by atoms with Gasteiger partial charge in [-0.25, -0.2) is 0 Å². The third-order valence-corrected chi connectivity index (χ3v) is 1.99. The summed E-state index contributed by atoms with van der Waals surface area (Å²) in [5.74, 6) is 0.695. The summed E-state index contributed by atoms with van der Waals surface area (Å²) in [6.07, 6.45) is 5.23. The van der Waals surface area contributed by atoms with Crippen molar-refractivity contribution >= 4 is 12.1 Å². The topological polar surface area (TPSA) is 41.5 Å². The Bertz CT molecular complexity index is 238. The number of nitrogens with zero attached hydrogens (tertiary/aromatic N) is 1. The number of amides is 1. The summed E-state index contributed by atoms with van der Waals surface area (Å²) < 4.78 is 0. The van der Waals surface area contributed by atoms with E-state index in [1.54, 1.807) is 0 Å². The van der Waals surface area contributed by atoms with Crippen molar-refractivity contribution in [3.63, 3.8) is 0 Å². The lowest BCUT2D eigenvalue weighted by atomic mass is 10.2. The molecule has 2 aliphatic rings. The zero-order chi connectivity index (χ0) is 7.68. The number of hydrogen-bond donors (Lipinski definition) is 1. The van der Waals surface area contributed by atoms with Crippen molar-refractivity contribution in [3.8, 4) is 0 Å². The second kappa shape index (κ2) is 2.49. The number of rotatable bonds is 3. The van der Waals surface area contributed by atoms with Gasteiger partial charge < -0.3 is 5.32 Å². The molecule has 0 aromatic rings. The summed E-state index contributed by atoms with van der Waals surface area (Å²) in [5.41, 5.74) is 2.11. The van der Waals surface area contributed by atoms with Crippen molar-refractivity contribution in [2.45, 2.75) is 12.8 Å². The van der Waals surface area contributed by atoms with Gasteiger partial charge in [0, 0.05) is 17.3 Å². The quantitative estimate of drug-likeness (QED) is 0.584. The van der Waals surface area contributed by atoms with Crippen LogP contribution in [0.25, 0.3) is 0 Å². The maximum absolute atomic E-state index is 10.1. The monoisotopic (exact) mass is 150 g/mol. The Kier molecular flexibility index (Phi) is 1.49. The molecule has 58 valence electrons. The first kappa shape index (κ1) is 6.58. The van der Waals surface area contributed by atoms with Gasteiger partial charge in [-0.2, -0.15) is 0 Å². The Balaban J connectivity index is 1.98. The molecule has 3 nitrogen and oxygen atoms in total. The van der Waals surface area contributed by atoms with Gasteiger partial charge >= 0.3 is 0 Å². The second-order valence-corrected chi connectivity index (χ2v) is 2.95. The minimum atomic E-state index is 0.657. The van der Waals surface area contributed by atoms with E-state index in [0.29, 0.717) is 18.9 Å². The average Bonchev–Trinajstić information content (AvgIpc) is 2.75. The lowest BCUT2D eigenvalue weighted by molar-refractivity contribution is -0.108. The van der Waals surface area contributed by atoms with Crippen LogP contribution < -0.4 is 5.32 Å². The maximum atomic E-state index is 10.1. The van der Waals surface area contributed by atoms with Gasteiger partial charge in [0.15, 0.2) is 0 Å². The summed E-state index contributed by atoms with van der Waals surface area (Å²) in [6.45, 7) is 0.657. The molecule has 1 amide bonds. The Morgan fingerprint density at radius 3 is 3.09 bits per heavy atom. The lowest BCUT2D eigenvalue weighted by Crippen LogP contribution is -2.10. The first-order valence-electron chi connectivity index (χ1n) is 3.85. The standard InChI is InChI=1S/C8H10N2O/c11-5-10-7-3-8(9-4-7)6-1-2-6/h3,5-6H,1-2,4H2,(H,10,11). The highest BCUT2D eigenvalue weighted by atomic mass is 16.1. The van der Waals surface area contributed by atoms with Crippen LogP contribution >= 0.6 is 0 Å². The first-order chi connectivity index (χ1) is 5.40. The van der Waals surface area contributed by atoms with Crippen LogP contribution in [-0.2, 0) is 4.79 Å². The van der Waals surface area contributed by atoms with Crippen LogP contribution in [0.1, 0.15) is 12.8 Å². The molecule has 0 spiro atoms. The van der Waals surface area contributed by atoms with Crippen LogP contribution in [0.2, 0.25) is 0 Å². The molecule has 0 radical (unpaired) electrons. The second-order valence-electron chi connectivity index (χ2n) is 2.95. The van der Waals surface area contributed by atoms with Crippen LogP contribution in [-0.4, -0.2) is 18.7 Å². The average molecular weight is 150 g/mol. The molecule has 1 fully saturated rings. The van der Waals surface area contributed by atoms with E-state index < -0.39 is 0 Å². The number of allylic oxidation sites excluding steroid dienone is 1. The molecule has 0 aromatic heterocycles. The van der Waals surface area contributed by atoms with Crippen LogP contribution in [0, 0.1) is 5.92 Å². The van der Waals surface area contributed by atoms with E-state index in [1.807, 2.05) is 6.08 Å². The van der Waals surface area contributed by atoms with Gasteiger partial charge in [-0.05, 0) is 18.9 Å². The molecular formula is C8H10N2O. The summed E-state index contributed by atoms with van der Waals surface area (Å²) in [7, 11) is 0. The van der Waals surface area contributed by atoms with Crippen molar-refractivity contribution < 1.29 is 4.79 Å². The Morgan fingerprint density at radius 2 is 2.45 bits per heavy atom. The van der Waals surface area contributed by atoms with Crippen LogP contribution in [0.15, 0.2) is 16.8 Å². The summed E-state index contributed by atoms with van der Waals surface area (Å²) in [6, 6.07) is 0. The normalized spacial score (nSPS) is 22.5. The smallest absolute Gasteiger partial charge is 0.211 e. The zero-order valence-electron chi connectivity index (χ0n) is 6.21. The van der Waals surface area contributed by atoms with E-state index in [1.165, 1.54) is 18.6 Å². The van der Waals surface area contributed by atoms with Crippen molar-refractivity contribution in [2.75, 3.05) is 6.54 Å². The Hall–Kier alpha value is -1.12. The highest BCUT2D eigenvalue weighted by molar-refractivity contribution is 6.00. The molecule has 2 rings (SSSR count). The molecule has 11 heavy (non-hydrogen) atoms. The largest absolute Gasteiger partial charge is 0.330 e. The van der Waals surface area contributed by atoms with E-state index in [0.717, 1.165) is 5.70 Å². The first-order valence-corrected chi connectivity index (χ1v) is 3.85. The molecule has 0 atom stereocenters. The molecule has 1 N–H and O–H groups in total. The fraction of sp³-hybridized carbons (Fsp3) is 0.500. The van der Waals surface area contributed by atoms with E-state index >= 15 is 0 Å². The van der Waals surface area contributed by atoms with Crippen molar-refractivity contribution in [3.05, 3.63) is 11.8 Å². The summed E-state index contributed by atoms with van der Waals surface area (Å²) in [4.78, 5) is 14.4. The fourth-order valence-corrected chi connectivity index (χ4v) is 1.24. The van der Waals surface area contributed by atoms with Crippen molar-refractivity contribution in [2.24, 2.45) is 10.9 Å². The summed E-state index contributed by atoms with van der Waals surface area (Å²) in [5, 5.41) is 2.62. The molecule has 1 aliphatic carbocycles. The third kappa shape index (κ3) is 1.31. The molecule has 0 saturated heterocycles. The van der Waals surface area contributed by atoms with Gasteiger partial charge in [-0.3, -0.25) is 9.79 Å². The highest BCUT2D eigenvalue weighted by Gasteiger charge is 2.28. The van der Waals surface area contributed by atoms with Crippen LogP contribution in [0.4, 0.5) is 0 Å². The van der Waals surface area contributed by atoms with E-state index in [2.05, 4.69) is 10.3 Å². The molecular weight excluding hydrogens is 140 g/mol. The van der Waals surface area contributed by atoms with Crippen molar-refractivity contribution in [1.29, 1.82) is 0 Å². The molecule has 0 bridgehead atoms. The number of nitrogens with one attached hydrogen (secondary N) is 1. The van der Waals surface area contributed by atoms with Crippen LogP contribution in [0.5, 0.6) is 0 Å². The Morgan fingerprint density at radius 1 is 1.64 bits per heavy atom. The third-order valence-electron chi connectivity index (χ3n) is 1.99. The van der Waals surface area contributed by atoms with E-state index in [4.69, 9.17) is 0 Å². The van der Waals surface area contributed by atoms with Gasteiger partial charge in [0.05, 0.1) is 6.54 Å². The SMILES string of the molecule is O=CNC1=CC(C2CC2)=NC1. The van der Waals surface area contributed by atoms with Gasteiger partial charge in [-0.15, -0.1) is 0 Å². The fourth-order valence-electron chi connectivity index (χ4n) is 1.24. The predicted octanol–water partition coefficient (Wildman–Crippen LogP) is 0.481. The summed E-state index contributed by atoms with van der Waals surface area (Å²) >= 11 is 0. The molecule has 1 saturated carbocycles. The number of carbonyl (C=O) groups is 1. The van der Waals surface area contributed by atoms with Crippen LogP contribution in [0.3, 0.4) is 0 Å². The van der Waals surface area contributed by atoms with Crippen molar-refractivity contribution in [1.82, 2.24) is 5.32 Å². The molecule has 0 aromatic carbocycles.